The first-order valence-electron chi connectivity index (χ1n) is 8.63. The van der Waals surface area contributed by atoms with E-state index in [4.69, 9.17) is 0 Å². The summed E-state index contributed by atoms with van der Waals surface area (Å²) in [6, 6.07) is 14.7. The van der Waals surface area contributed by atoms with Crippen LogP contribution in [0.2, 0.25) is 0 Å². The predicted molar refractivity (Wildman–Crippen MR) is 107 cm³/mol. The van der Waals surface area contributed by atoms with Gasteiger partial charge in [0.15, 0.2) is 0 Å². The quantitative estimate of drug-likeness (QED) is 0.400. The number of halogens is 1. The first-order valence-corrected chi connectivity index (χ1v) is 8.63. The van der Waals surface area contributed by atoms with Crippen LogP contribution in [0.15, 0.2) is 64.5 Å². The van der Waals surface area contributed by atoms with Gasteiger partial charge in [-0.05, 0) is 25.1 Å². The number of aromatic nitrogens is 2. The van der Waals surface area contributed by atoms with Gasteiger partial charge in [0.1, 0.15) is 11.5 Å². The second-order valence-electron chi connectivity index (χ2n) is 6.11. The molecular formula is C20H18FN5O3. The summed E-state index contributed by atoms with van der Waals surface area (Å²) in [4.78, 5) is 36.8. The molecule has 148 valence electrons. The molecule has 29 heavy (non-hydrogen) atoms. The van der Waals surface area contributed by atoms with E-state index < -0.39 is 23.2 Å². The predicted octanol–water partition coefficient (Wildman–Crippen LogP) is 1.71. The summed E-state index contributed by atoms with van der Waals surface area (Å²) < 4.78 is 16.5. The number of para-hydroxylation sites is 1. The molecule has 0 saturated carbocycles. The normalized spacial score (nSPS) is 10.9. The van der Waals surface area contributed by atoms with Crippen molar-refractivity contribution >= 4 is 23.7 Å². The molecule has 0 spiro atoms. The fourth-order valence-corrected chi connectivity index (χ4v) is 2.67. The van der Waals surface area contributed by atoms with Gasteiger partial charge < -0.3 is 5.32 Å². The molecule has 0 saturated heterocycles. The highest BCUT2D eigenvalue weighted by Gasteiger charge is 2.21. The van der Waals surface area contributed by atoms with Gasteiger partial charge in [0.05, 0.1) is 17.6 Å². The Hall–Kier alpha value is -4.01. The summed E-state index contributed by atoms with van der Waals surface area (Å²) in [5.74, 6) is -2.68. The van der Waals surface area contributed by atoms with Crippen molar-refractivity contribution in [1.82, 2.24) is 14.8 Å². The van der Waals surface area contributed by atoms with Crippen LogP contribution < -0.4 is 16.3 Å². The molecule has 0 fully saturated rings. The van der Waals surface area contributed by atoms with Crippen molar-refractivity contribution in [3.05, 3.63) is 82.0 Å². The lowest BCUT2D eigenvalue weighted by molar-refractivity contribution is -0.136. The lowest BCUT2D eigenvalue weighted by Crippen LogP contribution is -2.34. The second-order valence-corrected chi connectivity index (χ2v) is 6.11. The van der Waals surface area contributed by atoms with Crippen LogP contribution in [-0.4, -0.2) is 27.4 Å². The minimum Gasteiger partial charge on any atom is -0.311 e. The number of nitrogens with one attached hydrogen (secondary N) is 2. The SMILES string of the molecule is Cc1c(NC(=O)C(=O)N/N=C/c2ccccc2F)c(=O)n(-c2ccccc2)n1C. The van der Waals surface area contributed by atoms with Crippen LogP contribution in [0.4, 0.5) is 10.1 Å². The van der Waals surface area contributed by atoms with Gasteiger partial charge >= 0.3 is 11.8 Å². The van der Waals surface area contributed by atoms with Gasteiger partial charge in [0.2, 0.25) is 0 Å². The van der Waals surface area contributed by atoms with E-state index in [2.05, 4.69) is 10.4 Å². The molecule has 0 aliphatic heterocycles. The lowest BCUT2D eigenvalue weighted by atomic mass is 10.2. The van der Waals surface area contributed by atoms with Crippen molar-refractivity contribution in [2.45, 2.75) is 6.92 Å². The Labute approximate surface area is 165 Å². The summed E-state index contributed by atoms with van der Waals surface area (Å²) in [5.41, 5.74) is 2.74. The zero-order chi connectivity index (χ0) is 21.0. The topological polar surface area (TPSA) is 97.5 Å². The summed E-state index contributed by atoms with van der Waals surface area (Å²) in [7, 11) is 1.66. The minimum atomic E-state index is -1.09. The van der Waals surface area contributed by atoms with Crippen LogP contribution in [0.5, 0.6) is 0 Å². The molecule has 0 radical (unpaired) electrons. The first-order chi connectivity index (χ1) is 13.9. The Morgan fingerprint density at radius 3 is 2.38 bits per heavy atom. The van der Waals surface area contributed by atoms with Gasteiger partial charge in [-0.2, -0.15) is 5.10 Å². The van der Waals surface area contributed by atoms with Crippen molar-refractivity contribution in [2.24, 2.45) is 12.1 Å². The zero-order valence-electron chi connectivity index (χ0n) is 15.7. The summed E-state index contributed by atoms with van der Waals surface area (Å²) in [6.07, 6.45) is 1.08. The van der Waals surface area contributed by atoms with E-state index in [-0.39, 0.29) is 11.3 Å². The third-order valence-corrected chi connectivity index (χ3v) is 4.27. The highest BCUT2D eigenvalue weighted by atomic mass is 19.1. The van der Waals surface area contributed by atoms with Crippen molar-refractivity contribution < 1.29 is 14.0 Å². The highest BCUT2D eigenvalue weighted by molar-refractivity contribution is 6.39. The maximum atomic E-state index is 13.5. The fraction of sp³-hybridized carbons (Fsp3) is 0.100. The van der Waals surface area contributed by atoms with Crippen molar-refractivity contribution in [2.75, 3.05) is 5.32 Å². The molecule has 0 unspecified atom stereocenters. The maximum Gasteiger partial charge on any atom is 0.329 e. The van der Waals surface area contributed by atoms with E-state index in [0.29, 0.717) is 11.4 Å². The number of carbonyl (C=O) groups is 2. The van der Waals surface area contributed by atoms with Gasteiger partial charge in [-0.15, -0.1) is 0 Å². The van der Waals surface area contributed by atoms with Crippen LogP contribution in [0.1, 0.15) is 11.3 Å². The molecule has 2 amide bonds. The number of nitrogens with zero attached hydrogens (tertiary/aromatic N) is 3. The average molecular weight is 395 g/mol. The summed E-state index contributed by atoms with van der Waals surface area (Å²) in [5, 5.41) is 5.88. The average Bonchev–Trinajstić information content (AvgIpc) is 2.93. The molecule has 2 aromatic carbocycles. The molecule has 0 aliphatic carbocycles. The number of hydrogen-bond acceptors (Lipinski definition) is 4. The van der Waals surface area contributed by atoms with Gasteiger partial charge in [-0.1, -0.05) is 36.4 Å². The number of benzene rings is 2. The third kappa shape index (κ3) is 4.13. The Kier molecular flexibility index (Phi) is 5.68. The van der Waals surface area contributed by atoms with E-state index in [1.54, 1.807) is 49.0 Å². The largest absolute Gasteiger partial charge is 0.329 e. The number of carbonyl (C=O) groups excluding carboxylic acids is 2. The van der Waals surface area contributed by atoms with Gasteiger partial charge in [-0.25, -0.2) is 14.5 Å². The first kappa shape index (κ1) is 19.7. The van der Waals surface area contributed by atoms with Crippen molar-refractivity contribution in [1.29, 1.82) is 0 Å². The molecule has 3 aromatic rings. The van der Waals surface area contributed by atoms with Crippen LogP contribution in [0.3, 0.4) is 0 Å². The van der Waals surface area contributed by atoms with E-state index in [1.807, 2.05) is 11.5 Å². The summed E-state index contributed by atoms with van der Waals surface area (Å²) >= 11 is 0. The Morgan fingerprint density at radius 2 is 1.69 bits per heavy atom. The third-order valence-electron chi connectivity index (χ3n) is 4.27. The number of anilines is 1. The molecule has 0 bridgehead atoms. The van der Waals surface area contributed by atoms with Crippen LogP contribution in [0.25, 0.3) is 5.69 Å². The Balaban J connectivity index is 1.75. The molecule has 0 aliphatic rings. The fourth-order valence-electron chi connectivity index (χ4n) is 2.67. The van der Waals surface area contributed by atoms with Crippen molar-refractivity contribution in [3.8, 4) is 5.69 Å². The summed E-state index contributed by atoms with van der Waals surface area (Å²) in [6.45, 7) is 1.64. The smallest absolute Gasteiger partial charge is 0.311 e. The minimum absolute atomic E-state index is 0.0189. The molecule has 3 rings (SSSR count). The number of hydrazone groups is 1. The molecular weight excluding hydrogens is 377 g/mol. The second kappa shape index (κ2) is 8.34. The molecule has 8 nitrogen and oxygen atoms in total. The Morgan fingerprint density at radius 1 is 1.03 bits per heavy atom. The van der Waals surface area contributed by atoms with Crippen molar-refractivity contribution in [3.63, 3.8) is 0 Å². The van der Waals surface area contributed by atoms with Gasteiger partial charge in [0.25, 0.3) is 5.56 Å². The molecule has 1 heterocycles. The highest BCUT2D eigenvalue weighted by Crippen LogP contribution is 2.13. The number of rotatable bonds is 4. The van der Waals surface area contributed by atoms with Gasteiger partial charge in [0, 0.05) is 12.6 Å². The standard InChI is InChI=1S/C20H18FN5O3/c1-13-17(20(29)26(25(13)2)15-9-4-3-5-10-15)23-18(27)19(28)24-22-12-14-8-6-7-11-16(14)21/h3-12H,1-2H3,(H,23,27)(H,24,28)/b22-12+. The number of hydrogen-bond donors (Lipinski definition) is 2. The molecule has 9 heteroatoms. The molecule has 2 N–H and O–H groups in total. The molecule has 1 aromatic heterocycles. The monoisotopic (exact) mass is 395 g/mol. The lowest BCUT2D eigenvalue weighted by Gasteiger charge is -2.07. The zero-order valence-corrected chi connectivity index (χ0v) is 15.7. The number of amides is 2. The maximum absolute atomic E-state index is 13.5. The van der Waals surface area contributed by atoms with E-state index >= 15 is 0 Å². The van der Waals surface area contributed by atoms with Gasteiger partial charge in [-0.3, -0.25) is 19.1 Å². The van der Waals surface area contributed by atoms with Crippen LogP contribution in [0, 0.1) is 12.7 Å². The van der Waals surface area contributed by atoms with Crippen LogP contribution in [-0.2, 0) is 16.6 Å². The Bertz CT molecular complexity index is 1150. The van der Waals surface area contributed by atoms with E-state index in [0.717, 1.165) is 6.21 Å². The van der Waals surface area contributed by atoms with Crippen LogP contribution >= 0.6 is 0 Å². The van der Waals surface area contributed by atoms with E-state index in [1.165, 1.54) is 22.9 Å². The molecule has 0 atom stereocenters. The van der Waals surface area contributed by atoms with E-state index in [9.17, 15) is 18.8 Å².